The number of aromatic nitrogens is 2. The Kier molecular flexibility index (Phi) is 7.80. The number of hydrogen-bond acceptors (Lipinski definition) is 8. The minimum absolute atomic E-state index is 0.0824. The average molecular weight is 490 g/mol. The molecule has 0 amide bonds. The van der Waals surface area contributed by atoms with Crippen LogP contribution in [0.5, 0.6) is 0 Å². The third kappa shape index (κ3) is 6.08. The molecule has 1 aromatic heterocycles. The van der Waals surface area contributed by atoms with Crippen LogP contribution in [0.3, 0.4) is 0 Å². The number of azide groups is 1. The summed E-state index contributed by atoms with van der Waals surface area (Å²) >= 11 is 0. The zero-order valence-electron chi connectivity index (χ0n) is 19.4. The molecule has 2 heterocycles. The molecular weight excluding hydrogens is 458 g/mol. The van der Waals surface area contributed by atoms with E-state index in [0.717, 1.165) is 10.8 Å². The van der Waals surface area contributed by atoms with Crippen LogP contribution in [0.15, 0.2) is 20.9 Å². The second-order valence-electron chi connectivity index (χ2n) is 9.46. The summed E-state index contributed by atoms with van der Waals surface area (Å²) in [4.78, 5) is 29.2. The van der Waals surface area contributed by atoms with Crippen molar-refractivity contribution in [2.45, 2.75) is 64.3 Å². The smallest absolute Gasteiger partial charge is 0.330 e. The van der Waals surface area contributed by atoms with Gasteiger partial charge < -0.3 is 9.16 Å². The van der Waals surface area contributed by atoms with Crippen LogP contribution >= 0.6 is 0 Å². The molecule has 4 atom stereocenters. The molecule has 0 saturated carbocycles. The van der Waals surface area contributed by atoms with Gasteiger partial charge in [0.2, 0.25) is 0 Å². The lowest BCUT2D eigenvalue weighted by Crippen LogP contribution is -2.44. The van der Waals surface area contributed by atoms with Crippen molar-refractivity contribution in [3.63, 3.8) is 0 Å². The quantitative estimate of drug-likeness (QED) is 0.192. The Morgan fingerprint density at radius 1 is 1.34 bits per heavy atom. The fraction of sp³-hybridized carbons (Fsp3) is 0.778. The lowest BCUT2D eigenvalue weighted by atomic mass is 9.98. The molecule has 0 aromatic carbocycles. The van der Waals surface area contributed by atoms with Crippen LogP contribution in [0.25, 0.3) is 10.4 Å². The topological polar surface area (TPSA) is 165 Å². The lowest BCUT2D eigenvalue weighted by molar-refractivity contribution is -0.0465. The minimum Gasteiger partial charge on any atom is -0.414 e. The highest BCUT2D eigenvalue weighted by Gasteiger charge is 2.49. The standard InChI is InChI=1S/C18H31N5O7SSi/c1-11-9-23(17(25)21-15(11)24)16-14(30-31(5,26)27)12(8-20-22-19)13(29-16)10-28-32(6,7)18(2,3)4/h9,12-14,16H,8,10H2,1-7H3,(H,21,24,25)/t12-,13-,14-,16-/m1/s1. The fourth-order valence-electron chi connectivity index (χ4n) is 3.12. The van der Waals surface area contributed by atoms with E-state index in [1.165, 1.54) is 13.1 Å². The second kappa shape index (κ2) is 9.49. The summed E-state index contributed by atoms with van der Waals surface area (Å²) in [5, 5.41) is 3.51. The largest absolute Gasteiger partial charge is 0.414 e. The van der Waals surface area contributed by atoms with Crippen LogP contribution in [0.2, 0.25) is 18.1 Å². The molecule has 1 aromatic rings. The first-order valence-corrected chi connectivity index (χ1v) is 14.8. The van der Waals surface area contributed by atoms with Gasteiger partial charge in [-0.05, 0) is 30.6 Å². The van der Waals surface area contributed by atoms with Crippen molar-refractivity contribution in [2.24, 2.45) is 11.0 Å². The van der Waals surface area contributed by atoms with Gasteiger partial charge in [0.15, 0.2) is 14.5 Å². The zero-order valence-corrected chi connectivity index (χ0v) is 21.2. The second-order valence-corrected chi connectivity index (χ2v) is 15.9. The first-order chi connectivity index (χ1) is 14.6. The average Bonchev–Trinajstić information content (AvgIpc) is 2.96. The van der Waals surface area contributed by atoms with Gasteiger partial charge in [-0.15, -0.1) is 0 Å². The van der Waals surface area contributed by atoms with Crippen molar-refractivity contribution in [3.8, 4) is 0 Å². The highest BCUT2D eigenvalue weighted by Crippen LogP contribution is 2.40. The maximum Gasteiger partial charge on any atom is 0.330 e. The van der Waals surface area contributed by atoms with E-state index in [1.54, 1.807) is 0 Å². The predicted molar refractivity (Wildman–Crippen MR) is 120 cm³/mol. The Labute approximate surface area is 187 Å². The molecule has 1 saturated heterocycles. The summed E-state index contributed by atoms with van der Waals surface area (Å²) < 4.78 is 42.7. The zero-order chi connectivity index (χ0) is 24.5. The van der Waals surface area contributed by atoms with Gasteiger partial charge in [0.25, 0.3) is 15.7 Å². The van der Waals surface area contributed by atoms with Crippen molar-refractivity contribution in [2.75, 3.05) is 19.4 Å². The Morgan fingerprint density at radius 3 is 2.50 bits per heavy atom. The van der Waals surface area contributed by atoms with Gasteiger partial charge in [-0.2, -0.15) is 8.42 Å². The van der Waals surface area contributed by atoms with Crippen LogP contribution < -0.4 is 11.2 Å². The Morgan fingerprint density at radius 2 is 1.97 bits per heavy atom. The van der Waals surface area contributed by atoms with Crippen molar-refractivity contribution in [3.05, 3.63) is 43.0 Å². The molecule has 0 bridgehead atoms. The summed E-state index contributed by atoms with van der Waals surface area (Å²) in [6.45, 7) is 11.8. The molecule has 1 aliphatic heterocycles. The molecule has 0 aliphatic carbocycles. The molecule has 180 valence electrons. The Hall–Kier alpha value is -1.96. The van der Waals surface area contributed by atoms with E-state index >= 15 is 0 Å². The van der Waals surface area contributed by atoms with E-state index in [1.807, 2.05) is 0 Å². The van der Waals surface area contributed by atoms with Crippen LogP contribution in [0.4, 0.5) is 0 Å². The molecule has 2 rings (SSSR count). The van der Waals surface area contributed by atoms with E-state index in [0.29, 0.717) is 0 Å². The van der Waals surface area contributed by atoms with E-state index in [9.17, 15) is 18.0 Å². The third-order valence-corrected chi connectivity index (χ3v) is 11.0. The molecule has 0 radical (unpaired) electrons. The molecule has 32 heavy (non-hydrogen) atoms. The van der Waals surface area contributed by atoms with E-state index in [-0.39, 0.29) is 23.8 Å². The van der Waals surface area contributed by atoms with Crippen LogP contribution in [0, 0.1) is 12.8 Å². The highest BCUT2D eigenvalue weighted by molar-refractivity contribution is 7.86. The molecular formula is C18H31N5O7SSi. The molecule has 14 heteroatoms. The summed E-state index contributed by atoms with van der Waals surface area (Å²) in [5.74, 6) is -0.713. The summed E-state index contributed by atoms with van der Waals surface area (Å²) in [7, 11) is -6.15. The van der Waals surface area contributed by atoms with E-state index in [2.05, 4.69) is 48.9 Å². The van der Waals surface area contributed by atoms with Gasteiger partial charge in [0.05, 0.1) is 19.0 Å². The molecule has 0 unspecified atom stereocenters. The Bertz CT molecular complexity index is 1100. The number of rotatable bonds is 8. The number of ether oxygens (including phenoxy) is 1. The van der Waals surface area contributed by atoms with Gasteiger partial charge in [0.1, 0.15) is 6.10 Å². The Balaban J connectivity index is 2.50. The maximum atomic E-state index is 12.5. The minimum atomic E-state index is -3.96. The van der Waals surface area contributed by atoms with Crippen molar-refractivity contribution in [1.29, 1.82) is 0 Å². The first-order valence-electron chi connectivity index (χ1n) is 10.1. The summed E-state index contributed by atoms with van der Waals surface area (Å²) in [6, 6.07) is 0. The first kappa shape index (κ1) is 26.3. The number of H-pyrrole nitrogens is 1. The number of aryl methyl sites for hydroxylation is 1. The van der Waals surface area contributed by atoms with Gasteiger partial charge in [-0.3, -0.25) is 18.5 Å². The van der Waals surface area contributed by atoms with Crippen molar-refractivity contribution in [1.82, 2.24) is 9.55 Å². The predicted octanol–water partition coefficient (Wildman–Crippen LogP) is 2.04. The van der Waals surface area contributed by atoms with Crippen molar-refractivity contribution < 1.29 is 21.8 Å². The molecule has 1 N–H and O–H groups in total. The van der Waals surface area contributed by atoms with Crippen LogP contribution in [0.1, 0.15) is 32.6 Å². The van der Waals surface area contributed by atoms with Gasteiger partial charge >= 0.3 is 5.69 Å². The highest BCUT2D eigenvalue weighted by atomic mass is 32.2. The monoisotopic (exact) mass is 489 g/mol. The van der Waals surface area contributed by atoms with Gasteiger partial charge in [0, 0.05) is 29.1 Å². The van der Waals surface area contributed by atoms with Crippen LogP contribution in [-0.4, -0.2) is 57.9 Å². The maximum absolute atomic E-state index is 12.5. The summed E-state index contributed by atoms with van der Waals surface area (Å²) in [6.07, 6.45) is -0.905. The molecule has 1 fully saturated rings. The van der Waals surface area contributed by atoms with Crippen LogP contribution in [-0.2, 0) is 23.5 Å². The SMILES string of the molecule is Cc1cn([C@@H]2O[C@H](CO[Si](C)(C)C(C)(C)C)[C@@H](CN=[N+]=[N-])[C@H]2OS(C)(=O)=O)c(=O)[nH]c1=O. The number of hydrogen-bond donors (Lipinski definition) is 1. The fourth-order valence-corrected chi connectivity index (χ4v) is 4.78. The van der Waals surface area contributed by atoms with Gasteiger partial charge in [-0.25, -0.2) is 4.79 Å². The number of nitrogens with one attached hydrogen (secondary N) is 1. The van der Waals surface area contributed by atoms with E-state index < -0.39 is 54.0 Å². The molecule has 1 aliphatic rings. The molecule has 12 nitrogen and oxygen atoms in total. The molecule has 0 spiro atoms. The number of nitrogens with zero attached hydrogens (tertiary/aromatic N) is 4. The van der Waals surface area contributed by atoms with Gasteiger partial charge in [-0.1, -0.05) is 25.9 Å². The normalized spacial score (nSPS) is 24.3. The number of aromatic amines is 1. The van der Waals surface area contributed by atoms with Crippen molar-refractivity contribution >= 4 is 18.4 Å². The third-order valence-electron chi connectivity index (χ3n) is 5.97. The summed E-state index contributed by atoms with van der Waals surface area (Å²) in [5.41, 5.74) is 7.73. The van der Waals surface area contributed by atoms with E-state index in [4.69, 9.17) is 18.9 Å². The lowest BCUT2D eigenvalue weighted by Gasteiger charge is -2.37.